The smallest absolute Gasteiger partial charge is 0.261 e. The van der Waals surface area contributed by atoms with Gasteiger partial charge in [0.2, 0.25) is 5.91 Å². The van der Waals surface area contributed by atoms with Gasteiger partial charge in [0.25, 0.3) is 5.91 Å². The Morgan fingerprint density at radius 2 is 1.77 bits per heavy atom. The Labute approximate surface area is 127 Å². The molecule has 2 amide bonds. The maximum absolute atomic E-state index is 12.4. The van der Waals surface area contributed by atoms with E-state index in [1.165, 1.54) is 11.9 Å². The molecule has 0 aliphatic carbocycles. The van der Waals surface area contributed by atoms with Gasteiger partial charge in [0.05, 0.1) is 12.0 Å². The van der Waals surface area contributed by atoms with Crippen LogP contribution in [0, 0.1) is 5.92 Å². The predicted molar refractivity (Wildman–Crippen MR) is 79.6 cm³/mol. The summed E-state index contributed by atoms with van der Waals surface area (Å²) in [7, 11) is 5.27. The van der Waals surface area contributed by atoms with Crippen molar-refractivity contribution in [1.82, 2.24) is 14.5 Å². The monoisotopic (exact) mass is 299 g/mol. The molecule has 2 aliphatic heterocycles. The van der Waals surface area contributed by atoms with Gasteiger partial charge in [0.15, 0.2) is 6.10 Å². The van der Waals surface area contributed by atoms with E-state index in [0.717, 1.165) is 16.6 Å². The van der Waals surface area contributed by atoms with E-state index in [9.17, 15) is 9.59 Å². The summed E-state index contributed by atoms with van der Waals surface area (Å²) < 4.78 is 2.07. The average molecular weight is 299 g/mol. The van der Waals surface area contributed by atoms with Crippen LogP contribution in [0.4, 0.5) is 0 Å². The lowest BCUT2D eigenvalue weighted by Crippen LogP contribution is -2.33. The summed E-state index contributed by atoms with van der Waals surface area (Å²) >= 11 is 0. The summed E-state index contributed by atoms with van der Waals surface area (Å²) in [6, 6.07) is 9.87. The van der Waals surface area contributed by atoms with Gasteiger partial charge in [0, 0.05) is 32.4 Å². The molecule has 0 bridgehead atoms. The molecule has 3 heterocycles. The highest BCUT2D eigenvalue weighted by atomic mass is 16.7. The third kappa shape index (κ3) is 1.56. The fourth-order valence-corrected chi connectivity index (χ4v) is 3.65. The highest BCUT2D eigenvalue weighted by Crippen LogP contribution is 2.44. The van der Waals surface area contributed by atoms with E-state index in [1.54, 1.807) is 12.1 Å². The molecular formula is C16H17N3O3. The molecule has 6 nitrogen and oxygen atoms in total. The van der Waals surface area contributed by atoms with Crippen LogP contribution in [-0.4, -0.2) is 46.5 Å². The second-order valence-corrected chi connectivity index (χ2v) is 5.97. The number of hydrogen-bond acceptors (Lipinski definition) is 4. The highest BCUT2D eigenvalue weighted by Gasteiger charge is 2.58. The van der Waals surface area contributed by atoms with Crippen LogP contribution in [0.1, 0.15) is 11.7 Å². The van der Waals surface area contributed by atoms with E-state index in [4.69, 9.17) is 4.84 Å². The van der Waals surface area contributed by atoms with Crippen molar-refractivity contribution in [1.29, 1.82) is 0 Å². The third-order valence-corrected chi connectivity index (χ3v) is 4.82. The molecular weight excluding hydrogens is 282 g/mol. The molecule has 2 aromatic rings. The molecule has 6 heteroatoms. The van der Waals surface area contributed by atoms with Gasteiger partial charge in [-0.2, -0.15) is 5.06 Å². The molecule has 4 rings (SSSR count). The zero-order chi connectivity index (χ0) is 15.6. The van der Waals surface area contributed by atoms with Gasteiger partial charge in [-0.25, -0.2) is 0 Å². The van der Waals surface area contributed by atoms with Crippen molar-refractivity contribution >= 4 is 22.7 Å². The lowest BCUT2D eigenvalue weighted by atomic mass is 9.94. The van der Waals surface area contributed by atoms with Gasteiger partial charge in [0.1, 0.15) is 0 Å². The van der Waals surface area contributed by atoms with E-state index in [1.807, 2.05) is 31.3 Å². The molecule has 0 spiro atoms. The van der Waals surface area contributed by atoms with E-state index in [2.05, 4.69) is 10.6 Å². The highest BCUT2D eigenvalue weighted by molar-refractivity contribution is 6.07. The van der Waals surface area contributed by atoms with E-state index >= 15 is 0 Å². The summed E-state index contributed by atoms with van der Waals surface area (Å²) in [5.41, 5.74) is 2.08. The van der Waals surface area contributed by atoms with E-state index in [0.29, 0.717) is 0 Å². The number of amides is 2. The summed E-state index contributed by atoms with van der Waals surface area (Å²) in [5, 5.41) is 2.76. The number of carbonyl (C=O) groups is 2. The molecule has 0 unspecified atom stereocenters. The van der Waals surface area contributed by atoms with Crippen molar-refractivity contribution in [3.05, 3.63) is 36.0 Å². The molecule has 2 aliphatic rings. The summed E-state index contributed by atoms with van der Waals surface area (Å²) in [6.45, 7) is 0. The largest absolute Gasteiger partial charge is 0.346 e. The number of hydrogen-bond donors (Lipinski definition) is 0. The molecule has 1 aromatic heterocycles. The maximum atomic E-state index is 12.4. The Kier molecular flexibility index (Phi) is 2.70. The Morgan fingerprint density at radius 3 is 2.50 bits per heavy atom. The summed E-state index contributed by atoms with van der Waals surface area (Å²) in [6.07, 6.45) is -0.703. The molecule has 0 saturated carbocycles. The van der Waals surface area contributed by atoms with Gasteiger partial charge < -0.3 is 4.57 Å². The van der Waals surface area contributed by atoms with Crippen molar-refractivity contribution in [2.24, 2.45) is 13.0 Å². The molecule has 1 aromatic carbocycles. The van der Waals surface area contributed by atoms with E-state index < -0.39 is 12.0 Å². The number of imide groups is 1. The number of likely N-dealkylation sites (tertiary alicyclic amines) is 1. The van der Waals surface area contributed by atoms with Gasteiger partial charge >= 0.3 is 0 Å². The molecule has 114 valence electrons. The Bertz CT molecular complexity index is 797. The number of para-hydroxylation sites is 1. The van der Waals surface area contributed by atoms with Crippen molar-refractivity contribution in [2.45, 2.75) is 12.1 Å². The number of nitrogens with zero attached hydrogens (tertiary/aromatic N) is 3. The number of carbonyl (C=O) groups excluding carboxylic acids is 2. The number of aryl methyl sites for hydroxylation is 1. The number of rotatable bonds is 1. The molecule has 2 fully saturated rings. The first-order chi connectivity index (χ1) is 10.5. The Morgan fingerprint density at radius 1 is 1.05 bits per heavy atom. The molecule has 2 saturated heterocycles. The van der Waals surface area contributed by atoms with Crippen LogP contribution < -0.4 is 0 Å². The fraction of sp³-hybridized carbons (Fsp3) is 0.375. The molecule has 22 heavy (non-hydrogen) atoms. The third-order valence-electron chi connectivity index (χ3n) is 4.82. The zero-order valence-electron chi connectivity index (χ0n) is 12.7. The van der Waals surface area contributed by atoms with Crippen LogP contribution in [0.3, 0.4) is 0 Å². The predicted octanol–water partition coefficient (Wildman–Crippen LogP) is 1.08. The van der Waals surface area contributed by atoms with Crippen LogP contribution in [0.15, 0.2) is 30.3 Å². The van der Waals surface area contributed by atoms with Crippen molar-refractivity contribution in [3.8, 4) is 0 Å². The SMILES string of the molecule is CN1C(=O)[C@H]2[C@H](ON(C)[C@H]2c2cc3ccccc3n2C)C1=O. The summed E-state index contributed by atoms with van der Waals surface area (Å²) in [4.78, 5) is 31.4. The first-order valence-corrected chi connectivity index (χ1v) is 7.26. The van der Waals surface area contributed by atoms with Crippen LogP contribution in [0.25, 0.3) is 10.9 Å². The molecule has 0 radical (unpaired) electrons. The van der Waals surface area contributed by atoms with Gasteiger partial charge in [-0.15, -0.1) is 0 Å². The lowest BCUT2D eigenvalue weighted by molar-refractivity contribution is -0.169. The first kappa shape index (κ1) is 13.5. The van der Waals surface area contributed by atoms with Gasteiger partial charge in [-0.3, -0.25) is 19.3 Å². The number of hydroxylamine groups is 2. The van der Waals surface area contributed by atoms with E-state index in [-0.39, 0.29) is 17.9 Å². The molecule has 3 atom stereocenters. The van der Waals surface area contributed by atoms with Gasteiger partial charge in [-0.05, 0) is 17.5 Å². The maximum Gasteiger partial charge on any atom is 0.261 e. The van der Waals surface area contributed by atoms with Crippen molar-refractivity contribution < 1.29 is 14.4 Å². The number of fused-ring (bicyclic) bond motifs is 2. The van der Waals surface area contributed by atoms with Crippen LogP contribution >= 0.6 is 0 Å². The Balaban J connectivity index is 1.85. The Hall–Kier alpha value is -2.18. The minimum Gasteiger partial charge on any atom is -0.346 e. The van der Waals surface area contributed by atoms with Crippen molar-refractivity contribution in [3.63, 3.8) is 0 Å². The second kappa shape index (κ2) is 4.41. The summed E-state index contributed by atoms with van der Waals surface area (Å²) in [5.74, 6) is -0.914. The number of benzene rings is 1. The fourth-order valence-electron chi connectivity index (χ4n) is 3.65. The number of likely N-dealkylation sites (N-methyl/N-ethyl adjacent to an activating group) is 1. The van der Waals surface area contributed by atoms with Crippen LogP contribution in [-0.2, 0) is 21.5 Å². The average Bonchev–Trinajstić information content (AvgIpc) is 3.08. The zero-order valence-corrected chi connectivity index (χ0v) is 12.7. The molecule has 0 N–H and O–H groups in total. The lowest BCUT2D eigenvalue weighted by Gasteiger charge is -2.23. The van der Waals surface area contributed by atoms with Crippen LogP contribution in [0.2, 0.25) is 0 Å². The van der Waals surface area contributed by atoms with Crippen LogP contribution in [0.5, 0.6) is 0 Å². The first-order valence-electron chi connectivity index (χ1n) is 7.26. The van der Waals surface area contributed by atoms with Gasteiger partial charge in [-0.1, -0.05) is 18.2 Å². The topological polar surface area (TPSA) is 54.8 Å². The minimum absolute atomic E-state index is 0.172. The van der Waals surface area contributed by atoms with Crippen molar-refractivity contribution in [2.75, 3.05) is 14.1 Å². The quantitative estimate of drug-likeness (QED) is 0.740. The standard InChI is InChI=1S/C16H17N3O3/c1-17-10-7-5-4-6-9(10)8-11(17)13-12-14(22-19(13)3)16(21)18(2)15(12)20/h4-8,12-14H,1-3H3/t12-,13+,14+/m1/s1. The minimum atomic E-state index is -0.703. The normalized spacial score (nSPS) is 28.9. The second-order valence-electron chi connectivity index (χ2n) is 5.97. The number of aromatic nitrogens is 1.